The quantitative estimate of drug-likeness (QED) is 0.696. The monoisotopic (exact) mass is 274 g/mol. The van der Waals surface area contributed by atoms with E-state index in [0.717, 1.165) is 32.6 Å². The van der Waals surface area contributed by atoms with Crippen molar-refractivity contribution in [2.24, 2.45) is 0 Å². The molecule has 0 aliphatic heterocycles. The Labute approximate surface area is 112 Å². The first-order valence-electron chi connectivity index (χ1n) is 6.12. The Balaban J connectivity index is 2.32. The molecule has 0 bridgehead atoms. The van der Waals surface area contributed by atoms with Gasteiger partial charge in [0, 0.05) is 19.8 Å². The molecule has 1 aromatic rings. The van der Waals surface area contributed by atoms with Crippen molar-refractivity contribution < 1.29 is 9.47 Å². The minimum atomic E-state index is 0.123. The largest absolute Gasteiger partial charge is 0.464 e. The predicted molar refractivity (Wildman–Crippen MR) is 70.2 cm³/mol. The van der Waals surface area contributed by atoms with E-state index < -0.39 is 0 Å². The van der Waals surface area contributed by atoms with Gasteiger partial charge in [0.25, 0.3) is 0 Å². The first-order valence-corrected chi connectivity index (χ1v) is 6.50. The molecule has 0 spiro atoms. The summed E-state index contributed by atoms with van der Waals surface area (Å²) in [5.41, 5.74) is 0. The van der Waals surface area contributed by atoms with Crippen LogP contribution in [0.15, 0.2) is 0 Å². The minimum absolute atomic E-state index is 0.123. The van der Waals surface area contributed by atoms with Gasteiger partial charge in [0.15, 0.2) is 0 Å². The molecule has 1 N–H and O–H groups in total. The SMILES string of the molecule is CCCOCCCNc1nc(Cl)nc(OCC)n1. The molecule has 1 heterocycles. The lowest BCUT2D eigenvalue weighted by Gasteiger charge is -2.07. The van der Waals surface area contributed by atoms with Crippen LogP contribution >= 0.6 is 11.6 Å². The number of halogens is 1. The normalized spacial score (nSPS) is 10.4. The summed E-state index contributed by atoms with van der Waals surface area (Å²) < 4.78 is 10.5. The first-order chi connectivity index (χ1) is 8.76. The molecule has 1 rings (SSSR count). The van der Waals surface area contributed by atoms with E-state index >= 15 is 0 Å². The zero-order chi connectivity index (χ0) is 13.2. The van der Waals surface area contributed by atoms with Crippen molar-refractivity contribution in [1.29, 1.82) is 0 Å². The average molecular weight is 275 g/mol. The molecule has 0 saturated carbocycles. The number of nitrogens with zero attached hydrogens (tertiary/aromatic N) is 3. The number of hydrogen-bond donors (Lipinski definition) is 1. The fraction of sp³-hybridized carbons (Fsp3) is 0.727. The molecular formula is C11H19ClN4O2. The van der Waals surface area contributed by atoms with Crippen LogP contribution in [0.25, 0.3) is 0 Å². The molecule has 0 aliphatic carbocycles. The predicted octanol–water partition coefficient (Wildman–Crippen LogP) is 2.15. The van der Waals surface area contributed by atoms with Gasteiger partial charge in [0.1, 0.15) is 0 Å². The highest BCUT2D eigenvalue weighted by Gasteiger charge is 2.04. The molecule has 1 aromatic heterocycles. The molecule has 102 valence electrons. The third-order valence-corrected chi connectivity index (χ3v) is 2.13. The van der Waals surface area contributed by atoms with Crippen molar-refractivity contribution in [3.63, 3.8) is 0 Å². The number of rotatable bonds is 9. The van der Waals surface area contributed by atoms with Crippen LogP contribution in [0, 0.1) is 0 Å². The Bertz CT molecular complexity index is 352. The second-order valence-electron chi connectivity index (χ2n) is 3.54. The zero-order valence-corrected chi connectivity index (χ0v) is 11.5. The molecule has 0 aliphatic rings. The molecule has 18 heavy (non-hydrogen) atoms. The lowest BCUT2D eigenvalue weighted by atomic mass is 10.4. The highest BCUT2D eigenvalue weighted by Crippen LogP contribution is 2.11. The van der Waals surface area contributed by atoms with Crippen molar-refractivity contribution in [2.45, 2.75) is 26.7 Å². The smallest absolute Gasteiger partial charge is 0.322 e. The number of hydrogen-bond acceptors (Lipinski definition) is 6. The Morgan fingerprint density at radius 2 is 2.00 bits per heavy atom. The zero-order valence-electron chi connectivity index (χ0n) is 10.8. The Morgan fingerprint density at radius 3 is 2.72 bits per heavy atom. The second-order valence-corrected chi connectivity index (χ2v) is 3.87. The number of aromatic nitrogens is 3. The summed E-state index contributed by atoms with van der Waals surface area (Å²) in [7, 11) is 0. The molecule has 0 radical (unpaired) electrons. The second kappa shape index (κ2) is 8.88. The van der Waals surface area contributed by atoms with Gasteiger partial charge in [-0.3, -0.25) is 0 Å². The maximum atomic E-state index is 5.76. The van der Waals surface area contributed by atoms with E-state index in [0.29, 0.717) is 12.6 Å². The Kier molecular flexibility index (Phi) is 7.36. The fourth-order valence-corrected chi connectivity index (χ4v) is 1.38. The van der Waals surface area contributed by atoms with Gasteiger partial charge in [0.2, 0.25) is 11.2 Å². The third-order valence-electron chi connectivity index (χ3n) is 1.96. The van der Waals surface area contributed by atoms with Gasteiger partial charge < -0.3 is 14.8 Å². The summed E-state index contributed by atoms with van der Waals surface area (Å²) in [4.78, 5) is 11.9. The van der Waals surface area contributed by atoms with Gasteiger partial charge in [-0.25, -0.2) is 0 Å². The molecule has 7 heteroatoms. The molecule has 0 saturated heterocycles. The topological polar surface area (TPSA) is 69.2 Å². The van der Waals surface area contributed by atoms with Crippen LogP contribution in [0.4, 0.5) is 5.95 Å². The number of ether oxygens (including phenoxy) is 2. The van der Waals surface area contributed by atoms with E-state index in [1.165, 1.54) is 0 Å². The Hall–Kier alpha value is -1.14. The fourth-order valence-electron chi connectivity index (χ4n) is 1.23. The van der Waals surface area contributed by atoms with Crippen LogP contribution in [0.1, 0.15) is 26.7 Å². The summed E-state index contributed by atoms with van der Waals surface area (Å²) in [6.07, 6.45) is 1.92. The molecular weight excluding hydrogens is 256 g/mol. The summed E-state index contributed by atoms with van der Waals surface area (Å²) in [5.74, 6) is 0.425. The average Bonchev–Trinajstić information content (AvgIpc) is 2.33. The van der Waals surface area contributed by atoms with Crippen LogP contribution in [-0.2, 0) is 4.74 Å². The van der Waals surface area contributed by atoms with Gasteiger partial charge in [0.05, 0.1) is 6.61 Å². The summed E-state index contributed by atoms with van der Waals surface area (Å²) in [6.45, 7) is 6.67. The van der Waals surface area contributed by atoms with Crippen molar-refractivity contribution in [1.82, 2.24) is 15.0 Å². The summed E-state index contributed by atoms with van der Waals surface area (Å²) in [6, 6.07) is 0.238. The van der Waals surface area contributed by atoms with Crippen LogP contribution < -0.4 is 10.1 Å². The summed E-state index contributed by atoms with van der Waals surface area (Å²) in [5, 5.41) is 3.18. The van der Waals surface area contributed by atoms with Crippen molar-refractivity contribution in [3.8, 4) is 6.01 Å². The lowest BCUT2D eigenvalue weighted by Crippen LogP contribution is -2.10. The molecule has 0 aromatic carbocycles. The molecule has 0 atom stereocenters. The van der Waals surface area contributed by atoms with Gasteiger partial charge in [-0.05, 0) is 31.4 Å². The number of anilines is 1. The third kappa shape index (κ3) is 5.97. The van der Waals surface area contributed by atoms with Gasteiger partial charge in [-0.15, -0.1) is 0 Å². The van der Waals surface area contributed by atoms with Crippen LogP contribution in [-0.4, -0.2) is 41.3 Å². The van der Waals surface area contributed by atoms with Gasteiger partial charge >= 0.3 is 6.01 Å². The molecule has 6 nitrogen and oxygen atoms in total. The first kappa shape index (κ1) is 14.9. The van der Waals surface area contributed by atoms with Crippen LogP contribution in [0.3, 0.4) is 0 Å². The van der Waals surface area contributed by atoms with Crippen LogP contribution in [0.5, 0.6) is 6.01 Å². The Morgan fingerprint density at radius 1 is 1.17 bits per heavy atom. The van der Waals surface area contributed by atoms with Gasteiger partial charge in [-0.2, -0.15) is 15.0 Å². The molecule has 0 unspecified atom stereocenters. The van der Waals surface area contributed by atoms with E-state index in [2.05, 4.69) is 27.2 Å². The van der Waals surface area contributed by atoms with Crippen LogP contribution in [0.2, 0.25) is 5.28 Å². The van der Waals surface area contributed by atoms with Crippen molar-refractivity contribution in [3.05, 3.63) is 5.28 Å². The minimum Gasteiger partial charge on any atom is -0.464 e. The van der Waals surface area contributed by atoms with E-state index in [-0.39, 0.29) is 11.3 Å². The van der Waals surface area contributed by atoms with Gasteiger partial charge in [-0.1, -0.05) is 6.92 Å². The highest BCUT2D eigenvalue weighted by molar-refractivity contribution is 6.28. The van der Waals surface area contributed by atoms with Crippen molar-refractivity contribution >= 4 is 17.5 Å². The van der Waals surface area contributed by atoms with E-state index in [9.17, 15) is 0 Å². The standard InChI is InChI=1S/C11H19ClN4O2/c1-3-7-17-8-5-6-13-10-14-9(12)15-11(16-10)18-4-2/h3-8H2,1-2H3,(H,13,14,15,16). The molecule has 0 amide bonds. The maximum absolute atomic E-state index is 5.76. The highest BCUT2D eigenvalue weighted by atomic mass is 35.5. The molecule has 0 fully saturated rings. The van der Waals surface area contributed by atoms with E-state index in [1.807, 2.05) is 6.92 Å². The summed E-state index contributed by atoms with van der Waals surface area (Å²) >= 11 is 5.76. The van der Waals surface area contributed by atoms with Crippen molar-refractivity contribution in [2.75, 3.05) is 31.7 Å². The van der Waals surface area contributed by atoms with E-state index in [4.69, 9.17) is 21.1 Å². The maximum Gasteiger partial charge on any atom is 0.322 e. The lowest BCUT2D eigenvalue weighted by molar-refractivity contribution is 0.134. The van der Waals surface area contributed by atoms with E-state index in [1.54, 1.807) is 0 Å². The number of nitrogens with one attached hydrogen (secondary N) is 1.